The van der Waals surface area contributed by atoms with Crippen LogP contribution in [0.3, 0.4) is 0 Å². The Balaban J connectivity index is 0.000000277. The predicted molar refractivity (Wildman–Crippen MR) is 306 cm³/mol. The molecule has 0 radical (unpaired) electrons. The molecule has 0 aliphatic carbocycles. The van der Waals surface area contributed by atoms with Gasteiger partial charge in [-0.2, -0.15) is 0 Å². The SMILES string of the molecule is CC/C=C/c1ccccc1.CCCOc1cccc(Cl)c1.CCc1ccc(C)cc1.CCc1ccc(OC)cc1.CCc1ccccc1.CCc1ccccc1C.Cc1ccc2c(C)cccc2c1. The number of methoxy groups -OCH3 is 1. The zero-order valence-electron chi connectivity index (χ0n) is 43.8. The Morgan fingerprint density at radius 2 is 0.986 bits per heavy atom. The highest BCUT2D eigenvalue weighted by Gasteiger charge is 1.96. The number of fused-ring (bicyclic) bond motifs is 1. The van der Waals surface area contributed by atoms with Crippen molar-refractivity contribution in [2.45, 2.75) is 108 Å². The molecule has 0 saturated carbocycles. The lowest BCUT2D eigenvalue weighted by Gasteiger charge is -2.03. The van der Waals surface area contributed by atoms with Gasteiger partial charge in [0.15, 0.2) is 0 Å². The average Bonchev–Trinajstić information content (AvgIpc) is 3.39. The third-order valence-corrected chi connectivity index (χ3v) is 11.1. The van der Waals surface area contributed by atoms with Crippen LogP contribution in [0.15, 0.2) is 200 Å². The second-order valence-corrected chi connectivity index (χ2v) is 16.9. The monoisotopic (exact) mass is 941 g/mol. The van der Waals surface area contributed by atoms with Gasteiger partial charge in [-0.3, -0.25) is 0 Å². The summed E-state index contributed by atoms with van der Waals surface area (Å²) in [6, 6.07) is 66.5. The minimum Gasteiger partial charge on any atom is -0.497 e. The summed E-state index contributed by atoms with van der Waals surface area (Å²) >= 11 is 5.74. The van der Waals surface area contributed by atoms with Crippen LogP contribution in [0, 0.1) is 27.7 Å². The molecule has 0 saturated heterocycles. The minimum absolute atomic E-state index is 0.721. The predicted octanol–water partition coefficient (Wildman–Crippen LogP) is 19.3. The van der Waals surface area contributed by atoms with E-state index in [2.05, 4.69) is 227 Å². The van der Waals surface area contributed by atoms with Gasteiger partial charge in [-0.15, -0.1) is 0 Å². The maximum absolute atomic E-state index is 5.74. The van der Waals surface area contributed by atoms with Crippen molar-refractivity contribution in [2.75, 3.05) is 13.7 Å². The van der Waals surface area contributed by atoms with Crippen molar-refractivity contribution < 1.29 is 9.47 Å². The van der Waals surface area contributed by atoms with Crippen LogP contribution in [0.2, 0.25) is 5.02 Å². The van der Waals surface area contributed by atoms with E-state index in [0.717, 1.165) is 61.7 Å². The van der Waals surface area contributed by atoms with Gasteiger partial charge in [0.2, 0.25) is 0 Å². The van der Waals surface area contributed by atoms with Crippen LogP contribution in [0.1, 0.15) is 104 Å². The maximum Gasteiger partial charge on any atom is 0.120 e. The van der Waals surface area contributed by atoms with Crippen molar-refractivity contribution in [2.24, 2.45) is 0 Å². The Morgan fingerprint density at radius 3 is 1.51 bits per heavy atom. The fourth-order valence-corrected chi connectivity index (χ4v) is 6.75. The normalized spacial score (nSPS) is 9.80. The molecule has 2 nitrogen and oxygen atoms in total. The molecule has 0 aliphatic heterocycles. The molecule has 69 heavy (non-hydrogen) atoms. The zero-order valence-corrected chi connectivity index (χ0v) is 44.5. The third kappa shape index (κ3) is 26.1. The average molecular weight is 942 g/mol. The van der Waals surface area contributed by atoms with Crippen molar-refractivity contribution in [1.82, 2.24) is 0 Å². The quantitative estimate of drug-likeness (QED) is 0.136. The molecule has 8 aromatic rings. The summed E-state index contributed by atoms with van der Waals surface area (Å²) in [6.45, 7) is 22.2. The molecule has 0 N–H and O–H groups in total. The molecule has 8 aromatic carbocycles. The molecule has 0 spiro atoms. The van der Waals surface area contributed by atoms with E-state index in [9.17, 15) is 0 Å². The van der Waals surface area contributed by atoms with Gasteiger partial charge < -0.3 is 9.47 Å². The molecule has 0 amide bonds. The molecule has 0 bridgehead atoms. The Labute approximate surface area is 424 Å². The lowest BCUT2D eigenvalue weighted by molar-refractivity contribution is 0.317. The molecule has 0 unspecified atom stereocenters. The number of halogens is 1. The van der Waals surface area contributed by atoms with E-state index < -0.39 is 0 Å². The maximum atomic E-state index is 5.74. The van der Waals surface area contributed by atoms with Crippen LogP contribution in [-0.4, -0.2) is 13.7 Å². The zero-order chi connectivity index (χ0) is 50.5. The van der Waals surface area contributed by atoms with Gasteiger partial charge in [-0.05, 0) is 146 Å². The summed E-state index contributed by atoms with van der Waals surface area (Å²) in [5.74, 6) is 1.77. The van der Waals surface area contributed by atoms with Crippen LogP contribution >= 0.6 is 11.6 Å². The Hall–Kier alpha value is -6.35. The molecule has 364 valence electrons. The fraction of sp³-hybridized carbons (Fsp3) is 0.273. The molecule has 3 heteroatoms. The van der Waals surface area contributed by atoms with Crippen molar-refractivity contribution in [3.63, 3.8) is 0 Å². The molecular formula is C66H81ClO2. The number of rotatable bonds is 10. The highest BCUT2D eigenvalue weighted by molar-refractivity contribution is 6.30. The number of ether oxygens (including phenoxy) is 2. The Morgan fingerprint density at radius 1 is 0.449 bits per heavy atom. The third-order valence-electron chi connectivity index (χ3n) is 10.9. The molecular weight excluding hydrogens is 860 g/mol. The first-order valence-electron chi connectivity index (χ1n) is 24.8. The summed E-state index contributed by atoms with van der Waals surface area (Å²) in [6.07, 6.45) is 10.9. The Bertz CT molecular complexity index is 2500. The van der Waals surface area contributed by atoms with E-state index in [1.54, 1.807) is 7.11 Å². The molecule has 0 heterocycles. The van der Waals surface area contributed by atoms with Crippen LogP contribution < -0.4 is 9.47 Å². The lowest BCUT2D eigenvalue weighted by atomic mass is 10.0. The second kappa shape index (κ2) is 36.7. The van der Waals surface area contributed by atoms with Gasteiger partial charge in [0, 0.05) is 5.02 Å². The van der Waals surface area contributed by atoms with E-state index in [4.69, 9.17) is 21.1 Å². The van der Waals surface area contributed by atoms with E-state index >= 15 is 0 Å². The number of hydrogen-bond acceptors (Lipinski definition) is 2. The first-order valence-corrected chi connectivity index (χ1v) is 25.2. The van der Waals surface area contributed by atoms with E-state index in [1.165, 1.54) is 60.8 Å². The van der Waals surface area contributed by atoms with Gasteiger partial charge in [0.1, 0.15) is 11.5 Å². The summed E-state index contributed by atoms with van der Waals surface area (Å²) in [7, 11) is 1.68. The van der Waals surface area contributed by atoms with Gasteiger partial charge >= 0.3 is 0 Å². The van der Waals surface area contributed by atoms with E-state index in [1.807, 2.05) is 48.5 Å². The second-order valence-electron chi connectivity index (χ2n) is 16.5. The first-order chi connectivity index (χ1) is 33.5. The van der Waals surface area contributed by atoms with E-state index in [-0.39, 0.29) is 0 Å². The summed E-state index contributed by atoms with van der Waals surface area (Å²) in [4.78, 5) is 0. The first kappa shape index (κ1) is 58.8. The summed E-state index contributed by atoms with van der Waals surface area (Å²) < 4.78 is 10.4. The highest BCUT2D eigenvalue weighted by atomic mass is 35.5. The van der Waals surface area contributed by atoms with E-state index in [0.29, 0.717) is 0 Å². The number of hydrogen-bond donors (Lipinski definition) is 0. The van der Waals surface area contributed by atoms with Crippen LogP contribution in [-0.2, 0) is 25.7 Å². The molecule has 0 atom stereocenters. The fourth-order valence-electron chi connectivity index (χ4n) is 6.57. The molecule has 0 aliphatic rings. The Kier molecular flexibility index (Phi) is 31.2. The highest BCUT2D eigenvalue weighted by Crippen LogP contribution is 2.19. The van der Waals surface area contributed by atoms with Crippen molar-refractivity contribution in [3.05, 3.63) is 255 Å². The largest absolute Gasteiger partial charge is 0.497 e. The van der Waals surface area contributed by atoms with Gasteiger partial charge in [0.05, 0.1) is 13.7 Å². The smallest absolute Gasteiger partial charge is 0.120 e. The molecule has 0 fully saturated rings. The number of benzene rings is 8. The summed E-state index contributed by atoms with van der Waals surface area (Å²) in [5, 5.41) is 3.43. The van der Waals surface area contributed by atoms with Gasteiger partial charge in [-0.1, -0.05) is 240 Å². The number of aryl methyl sites for hydroxylation is 8. The molecule has 8 rings (SSSR count). The molecule has 0 aromatic heterocycles. The van der Waals surface area contributed by atoms with Gasteiger partial charge in [0.25, 0.3) is 0 Å². The van der Waals surface area contributed by atoms with Gasteiger partial charge in [-0.25, -0.2) is 0 Å². The topological polar surface area (TPSA) is 18.5 Å². The number of allylic oxidation sites excluding steroid dienone is 1. The summed E-state index contributed by atoms with van der Waals surface area (Å²) in [5.41, 5.74) is 12.3. The standard InChI is InChI=1S/C12H12.C10H12.C9H11ClO.C9H12O.2C9H12.C8H10/c1-9-6-7-12-10(2)4-3-5-11(12)8-9;1-2-3-7-10-8-5-4-6-9-10;1-2-6-11-9-5-3-4-8(10)7-9;1-3-8-4-6-9(10-2)7-5-8;1-3-9-6-4-8(2)5-7-9;1-3-9-7-5-4-6-8(9)2;1-2-8-6-4-3-5-7-8/h3-8H,1-2H3;3-9H,2H2,1H3;3-5,7H,2,6H2,1H3;4-7H,3H2,1-2H3;2*4-7H,3H2,1-2H3;3-7H,2H2,1H3/b;7-3+;;;;;. The lowest BCUT2D eigenvalue weighted by Crippen LogP contribution is -1.93. The van der Waals surface area contributed by atoms with Crippen LogP contribution in [0.4, 0.5) is 0 Å². The van der Waals surface area contributed by atoms with Crippen LogP contribution in [0.5, 0.6) is 11.5 Å². The van der Waals surface area contributed by atoms with Crippen molar-refractivity contribution >= 4 is 28.4 Å². The minimum atomic E-state index is 0.721. The van der Waals surface area contributed by atoms with Crippen LogP contribution in [0.25, 0.3) is 16.8 Å². The van der Waals surface area contributed by atoms with Crippen molar-refractivity contribution in [3.8, 4) is 11.5 Å². The van der Waals surface area contributed by atoms with Crippen molar-refractivity contribution in [1.29, 1.82) is 0 Å².